The van der Waals surface area contributed by atoms with E-state index in [0.717, 1.165) is 6.42 Å². The highest BCUT2D eigenvalue weighted by Gasteiger charge is 2.54. The molecule has 2 rings (SSSR count). The second-order valence-electron chi connectivity index (χ2n) is 8.75. The number of urea groups is 1. The third-order valence-electron chi connectivity index (χ3n) is 5.37. The highest BCUT2D eigenvalue weighted by Crippen LogP contribution is 2.43. The molecule has 2 fully saturated rings. The lowest BCUT2D eigenvalue weighted by Gasteiger charge is -2.37. The molecule has 1 aliphatic heterocycles. The van der Waals surface area contributed by atoms with Crippen LogP contribution in [0.5, 0.6) is 0 Å². The Bertz CT molecular complexity index is 461. The zero-order valence-corrected chi connectivity index (χ0v) is 16.4. The largest absolute Gasteiger partial charge is 0.416 e. The van der Waals surface area contributed by atoms with Gasteiger partial charge in [-0.3, -0.25) is 0 Å². The number of hydrogen-bond donors (Lipinski definition) is 2. The zero-order chi connectivity index (χ0) is 17.6. The van der Waals surface area contributed by atoms with E-state index >= 15 is 0 Å². The second kappa shape index (κ2) is 6.02. The lowest BCUT2D eigenvalue weighted by molar-refractivity contribution is -0.159. The van der Waals surface area contributed by atoms with Crippen LogP contribution in [0.3, 0.4) is 0 Å². The number of amides is 2. The van der Waals surface area contributed by atoms with Gasteiger partial charge < -0.3 is 25.0 Å². The molecule has 0 aromatic rings. The van der Waals surface area contributed by atoms with Crippen molar-refractivity contribution in [2.24, 2.45) is 11.7 Å². The summed E-state index contributed by atoms with van der Waals surface area (Å²) < 4.78 is 18.4. The van der Waals surface area contributed by atoms with E-state index in [2.05, 4.69) is 39.2 Å². The molecule has 4 atom stereocenters. The van der Waals surface area contributed by atoms with Crippen LogP contribution in [0.1, 0.15) is 41.0 Å². The third-order valence-corrected chi connectivity index (χ3v) is 9.87. The molecule has 2 amide bonds. The molecule has 2 aliphatic rings. The minimum absolute atomic E-state index is 0.0633. The number of fused-ring (bicyclic) bond motifs is 1. The summed E-state index contributed by atoms with van der Waals surface area (Å²) in [5, 5.41) is 2.97. The number of carbonyl (C=O) groups excluding carboxylic acids is 1. The number of hydrogen-bond acceptors (Lipinski definition) is 4. The van der Waals surface area contributed by atoms with Gasteiger partial charge in [-0.15, -0.1) is 0 Å². The lowest BCUT2D eigenvalue weighted by Crippen LogP contribution is -2.45. The molecule has 0 bridgehead atoms. The molecule has 7 heteroatoms. The predicted octanol–water partition coefficient (Wildman–Crippen LogP) is 2.59. The van der Waals surface area contributed by atoms with Gasteiger partial charge in [0.15, 0.2) is 14.1 Å². The van der Waals surface area contributed by atoms with Crippen LogP contribution in [-0.4, -0.2) is 45.0 Å². The molecule has 3 N–H and O–H groups in total. The summed E-state index contributed by atoms with van der Waals surface area (Å²) in [6.07, 6.45) is 0.542. The Morgan fingerprint density at radius 2 is 1.87 bits per heavy atom. The van der Waals surface area contributed by atoms with E-state index in [1.54, 1.807) is 0 Å². The maximum atomic E-state index is 11.3. The fraction of sp³-hybridized carbons (Fsp3) is 0.938. The van der Waals surface area contributed by atoms with Gasteiger partial charge in [-0.05, 0) is 38.4 Å². The van der Waals surface area contributed by atoms with Crippen molar-refractivity contribution in [1.82, 2.24) is 5.32 Å². The van der Waals surface area contributed by atoms with Crippen LogP contribution in [-0.2, 0) is 13.9 Å². The van der Waals surface area contributed by atoms with E-state index < -0.39 is 20.1 Å². The summed E-state index contributed by atoms with van der Waals surface area (Å²) >= 11 is 0. The van der Waals surface area contributed by atoms with Crippen LogP contribution in [0.25, 0.3) is 0 Å². The standard InChI is InChI=1S/C16H32N2O4Si/c1-15(2,3)23(6,7)20-9-10-8-11(18-14(17)19)13-12(10)21-16(4,5)22-13/h10-13H,8-9H2,1-7H3,(H3,17,18,19)/t10-,11-,12+,13-/m1/s1. The maximum Gasteiger partial charge on any atom is 0.312 e. The Hall–Kier alpha value is -0.633. The van der Waals surface area contributed by atoms with E-state index in [4.69, 9.17) is 19.6 Å². The number of nitrogens with two attached hydrogens (primary N) is 1. The van der Waals surface area contributed by atoms with Crippen LogP contribution < -0.4 is 11.1 Å². The summed E-state index contributed by atoms with van der Waals surface area (Å²) in [5.41, 5.74) is 5.30. The summed E-state index contributed by atoms with van der Waals surface area (Å²) in [7, 11) is -1.81. The van der Waals surface area contributed by atoms with Crippen molar-refractivity contribution >= 4 is 14.3 Å². The highest BCUT2D eigenvalue weighted by molar-refractivity contribution is 6.74. The first-order valence-electron chi connectivity index (χ1n) is 8.38. The van der Waals surface area contributed by atoms with Crippen molar-refractivity contribution in [3.05, 3.63) is 0 Å². The summed E-state index contributed by atoms with van der Waals surface area (Å²) in [4.78, 5) is 11.3. The fourth-order valence-corrected chi connectivity index (χ4v) is 4.17. The van der Waals surface area contributed by atoms with Crippen LogP contribution in [0.2, 0.25) is 18.1 Å². The van der Waals surface area contributed by atoms with Crippen LogP contribution in [0, 0.1) is 5.92 Å². The number of carbonyl (C=O) groups is 1. The molecule has 1 saturated heterocycles. The Morgan fingerprint density at radius 3 is 2.39 bits per heavy atom. The topological polar surface area (TPSA) is 82.8 Å². The van der Waals surface area contributed by atoms with Crippen molar-refractivity contribution in [3.8, 4) is 0 Å². The molecular weight excluding hydrogens is 312 g/mol. The van der Waals surface area contributed by atoms with Crippen molar-refractivity contribution in [1.29, 1.82) is 0 Å². The Morgan fingerprint density at radius 1 is 1.30 bits per heavy atom. The Balaban J connectivity index is 2.06. The molecule has 0 radical (unpaired) electrons. The van der Waals surface area contributed by atoms with Gasteiger partial charge in [0.05, 0.1) is 12.1 Å². The van der Waals surface area contributed by atoms with E-state index in [9.17, 15) is 4.79 Å². The first-order valence-corrected chi connectivity index (χ1v) is 11.3. The maximum absolute atomic E-state index is 11.3. The van der Waals surface area contributed by atoms with E-state index in [1.807, 2.05) is 13.8 Å². The molecule has 6 nitrogen and oxygen atoms in total. The van der Waals surface area contributed by atoms with E-state index in [1.165, 1.54) is 0 Å². The zero-order valence-electron chi connectivity index (χ0n) is 15.4. The monoisotopic (exact) mass is 344 g/mol. The molecule has 0 spiro atoms. The van der Waals surface area contributed by atoms with Crippen LogP contribution >= 0.6 is 0 Å². The fourth-order valence-electron chi connectivity index (χ4n) is 3.11. The summed E-state index contributed by atoms with van der Waals surface area (Å²) in [6.45, 7) is 15.6. The molecule has 0 aromatic carbocycles. The van der Waals surface area contributed by atoms with Gasteiger partial charge in [-0.2, -0.15) is 0 Å². The second-order valence-corrected chi connectivity index (χ2v) is 13.6. The quantitative estimate of drug-likeness (QED) is 0.768. The minimum atomic E-state index is -1.81. The first kappa shape index (κ1) is 18.7. The van der Waals surface area contributed by atoms with Gasteiger partial charge in [0, 0.05) is 12.5 Å². The molecule has 1 heterocycles. The lowest BCUT2D eigenvalue weighted by atomic mass is 10.1. The van der Waals surface area contributed by atoms with Gasteiger partial charge in [-0.1, -0.05) is 20.8 Å². The minimum Gasteiger partial charge on any atom is -0.416 e. The average Bonchev–Trinajstić information content (AvgIpc) is 2.80. The Kier molecular flexibility index (Phi) is 4.90. The number of ether oxygens (including phenoxy) is 2. The first-order chi connectivity index (χ1) is 10.3. The Labute approximate surface area is 140 Å². The smallest absolute Gasteiger partial charge is 0.312 e. The molecule has 1 saturated carbocycles. The van der Waals surface area contributed by atoms with Crippen molar-refractivity contribution in [2.45, 2.75) is 83.2 Å². The summed E-state index contributed by atoms with van der Waals surface area (Å²) in [6, 6.07) is -0.639. The van der Waals surface area contributed by atoms with Crippen LogP contribution in [0.4, 0.5) is 4.79 Å². The average molecular weight is 345 g/mol. The summed E-state index contributed by atoms with van der Waals surface area (Å²) in [5.74, 6) is -0.435. The molecule has 1 aliphatic carbocycles. The third kappa shape index (κ3) is 4.07. The van der Waals surface area contributed by atoms with Gasteiger partial charge in [0.2, 0.25) is 0 Å². The SMILES string of the molecule is CC1(C)O[C@H]2[C@@H](CO[Si](C)(C)C(C)(C)C)C[C@@H](NC(N)=O)[C@H]2O1. The van der Waals surface area contributed by atoms with Gasteiger partial charge >= 0.3 is 6.03 Å². The molecule has 134 valence electrons. The van der Waals surface area contributed by atoms with E-state index in [0.29, 0.717) is 6.61 Å². The highest BCUT2D eigenvalue weighted by atomic mass is 28.4. The van der Waals surface area contributed by atoms with Crippen LogP contribution in [0.15, 0.2) is 0 Å². The van der Waals surface area contributed by atoms with Crippen molar-refractivity contribution < 1.29 is 18.7 Å². The van der Waals surface area contributed by atoms with E-state index in [-0.39, 0.29) is 29.2 Å². The van der Waals surface area contributed by atoms with Crippen molar-refractivity contribution in [2.75, 3.05) is 6.61 Å². The number of rotatable bonds is 4. The molecular formula is C16H32N2O4Si. The van der Waals surface area contributed by atoms with Gasteiger partial charge in [-0.25, -0.2) is 4.79 Å². The predicted molar refractivity (Wildman–Crippen MR) is 91.6 cm³/mol. The van der Waals surface area contributed by atoms with Gasteiger partial charge in [0.1, 0.15) is 6.10 Å². The number of nitrogens with one attached hydrogen (secondary N) is 1. The van der Waals surface area contributed by atoms with Crippen molar-refractivity contribution in [3.63, 3.8) is 0 Å². The van der Waals surface area contributed by atoms with Gasteiger partial charge in [0.25, 0.3) is 0 Å². The molecule has 0 aromatic heterocycles. The molecule has 23 heavy (non-hydrogen) atoms. The number of primary amides is 1. The molecule has 0 unspecified atom stereocenters. The normalized spacial score (nSPS) is 33.5.